The van der Waals surface area contributed by atoms with Gasteiger partial charge in [0.1, 0.15) is 22.9 Å². The zero-order valence-corrected chi connectivity index (χ0v) is 32.6. The second kappa shape index (κ2) is 14.9. The minimum Gasteiger partial charge on any atom is -0.443 e. The average molecular weight is 763 g/mol. The van der Waals surface area contributed by atoms with E-state index in [0.717, 1.165) is 28.6 Å². The van der Waals surface area contributed by atoms with Crippen LogP contribution in [0.4, 0.5) is 21.1 Å². The summed E-state index contributed by atoms with van der Waals surface area (Å²) in [6, 6.07) is 4.68. The quantitative estimate of drug-likeness (QED) is 0.235. The number of carbonyl (C=O) groups excluding carboxylic acids is 5. The highest BCUT2D eigenvalue weighted by Gasteiger charge is 2.40. The molecule has 3 aromatic heterocycles. The number of nitrogens with one attached hydrogen (secondary N) is 1. The number of fused-ring (bicyclic) bond motifs is 2. The molecule has 16 nitrogen and oxygen atoms in total. The zero-order chi connectivity index (χ0) is 39.1. The van der Waals surface area contributed by atoms with Crippen molar-refractivity contribution in [2.24, 2.45) is 0 Å². The molecule has 4 aromatic rings. The summed E-state index contributed by atoms with van der Waals surface area (Å²) in [5.41, 5.74) is 1.48. The van der Waals surface area contributed by atoms with Crippen LogP contribution < -0.4 is 10.2 Å². The number of thiazole rings is 1. The molecule has 1 N–H and O–H groups in total. The van der Waals surface area contributed by atoms with Crippen molar-refractivity contribution in [3.05, 3.63) is 41.7 Å². The van der Waals surface area contributed by atoms with Gasteiger partial charge in [0.15, 0.2) is 5.82 Å². The molecule has 54 heavy (non-hydrogen) atoms. The molecule has 0 spiro atoms. The minimum atomic E-state index is -1.03. The first-order valence-corrected chi connectivity index (χ1v) is 18.8. The Morgan fingerprint density at radius 3 is 2.30 bits per heavy atom. The maximum Gasteiger partial charge on any atom is 0.425 e. The molecule has 0 radical (unpaired) electrons. The number of hydrogen-bond donors (Lipinski definition) is 1. The number of rotatable bonds is 4. The van der Waals surface area contributed by atoms with Gasteiger partial charge in [0.2, 0.25) is 5.91 Å². The molecule has 6 rings (SSSR count). The highest BCUT2D eigenvalue weighted by Crippen LogP contribution is 2.35. The third-order valence-corrected chi connectivity index (χ3v) is 9.75. The molecule has 5 amide bonds. The van der Waals surface area contributed by atoms with Crippen LogP contribution in [-0.2, 0) is 28.6 Å². The highest BCUT2D eigenvalue weighted by molar-refractivity contribution is 7.16. The van der Waals surface area contributed by atoms with Crippen LogP contribution in [0.2, 0.25) is 0 Å². The molecule has 2 saturated heterocycles. The summed E-state index contributed by atoms with van der Waals surface area (Å²) < 4.78 is 19.7. The smallest absolute Gasteiger partial charge is 0.425 e. The summed E-state index contributed by atoms with van der Waals surface area (Å²) in [5, 5.41) is 7.62. The number of hydrogen-bond acceptors (Lipinski definition) is 12. The lowest BCUT2D eigenvalue weighted by Gasteiger charge is -2.44. The van der Waals surface area contributed by atoms with Crippen LogP contribution in [0.3, 0.4) is 0 Å². The lowest BCUT2D eigenvalue weighted by atomic mass is 9.99. The van der Waals surface area contributed by atoms with E-state index in [0.29, 0.717) is 17.9 Å². The third kappa shape index (κ3) is 8.31. The molecular weight excluding hydrogens is 717 g/mol. The van der Waals surface area contributed by atoms with Crippen LogP contribution in [0.1, 0.15) is 92.5 Å². The van der Waals surface area contributed by atoms with Crippen molar-refractivity contribution < 1.29 is 38.2 Å². The number of nitrogens with zero attached hydrogens (tertiary/aromatic N) is 7. The van der Waals surface area contributed by atoms with Crippen molar-refractivity contribution in [2.75, 3.05) is 29.9 Å². The Balaban J connectivity index is 1.38. The fourth-order valence-corrected chi connectivity index (χ4v) is 7.19. The lowest BCUT2D eigenvalue weighted by Crippen LogP contribution is -2.58. The van der Waals surface area contributed by atoms with Crippen LogP contribution >= 0.6 is 11.3 Å². The van der Waals surface area contributed by atoms with Gasteiger partial charge < -0.3 is 29.3 Å². The van der Waals surface area contributed by atoms with Crippen molar-refractivity contribution in [1.29, 1.82) is 0 Å². The van der Waals surface area contributed by atoms with E-state index < -0.39 is 47.5 Å². The van der Waals surface area contributed by atoms with Gasteiger partial charge in [-0.2, -0.15) is 10.00 Å². The standard InChI is InChI=1S/C37H46N8O8S/c1-21-17-43(27(19-42(21)22(2)46)23-12-13-28-25(15-23)39-20-54-28)33(48)32(47)40-26-16-38-31(24-18-44(41-30(24)26)29-11-9-10-14-51-29)45(34(49)52-36(3,4)5)35(50)53-37(6,7)8/h12-13,15-16,18,20-21,27,29H,9-11,14,17,19H2,1-8H3,(H,40,47). The fourth-order valence-electron chi connectivity index (χ4n) is 6.54. The third-order valence-electron chi connectivity index (χ3n) is 8.94. The molecule has 0 aliphatic carbocycles. The fraction of sp³-hybridized carbons (Fsp3) is 0.514. The first-order valence-electron chi connectivity index (χ1n) is 17.9. The molecule has 2 aliphatic rings. The first-order chi connectivity index (χ1) is 25.4. The normalized spacial score (nSPS) is 19.4. The van der Waals surface area contributed by atoms with E-state index in [1.54, 1.807) is 62.8 Å². The second-order valence-corrected chi connectivity index (χ2v) is 16.4. The summed E-state index contributed by atoms with van der Waals surface area (Å²) >= 11 is 1.49. The van der Waals surface area contributed by atoms with Crippen molar-refractivity contribution in [3.8, 4) is 0 Å². The Morgan fingerprint density at radius 2 is 1.67 bits per heavy atom. The Hall–Kier alpha value is -5.16. The van der Waals surface area contributed by atoms with Gasteiger partial charge >= 0.3 is 24.0 Å². The van der Waals surface area contributed by atoms with Gasteiger partial charge in [0.05, 0.1) is 39.0 Å². The number of amides is 5. The minimum absolute atomic E-state index is 0.0610. The van der Waals surface area contributed by atoms with E-state index in [1.807, 2.05) is 25.1 Å². The first kappa shape index (κ1) is 38.6. The van der Waals surface area contributed by atoms with Gasteiger partial charge in [-0.1, -0.05) is 6.07 Å². The molecule has 0 bridgehead atoms. The zero-order valence-electron chi connectivity index (χ0n) is 31.7. The predicted molar refractivity (Wildman–Crippen MR) is 201 cm³/mol. The van der Waals surface area contributed by atoms with E-state index in [1.165, 1.54) is 29.4 Å². The Kier molecular flexibility index (Phi) is 10.7. The molecule has 2 aliphatic heterocycles. The molecule has 288 valence electrons. The van der Waals surface area contributed by atoms with Gasteiger partial charge in [-0.25, -0.2) is 24.2 Å². The average Bonchev–Trinajstić information content (AvgIpc) is 3.75. The summed E-state index contributed by atoms with van der Waals surface area (Å²) in [6.45, 7) is 14.1. The number of benzene rings is 1. The predicted octanol–water partition coefficient (Wildman–Crippen LogP) is 6.18. The Bertz CT molecular complexity index is 2070. The summed E-state index contributed by atoms with van der Waals surface area (Å²) in [4.78, 5) is 80.6. The molecule has 5 heterocycles. The van der Waals surface area contributed by atoms with Gasteiger partial charge in [-0.05, 0) is 85.4 Å². The Labute approximate surface area is 316 Å². The van der Waals surface area contributed by atoms with Crippen LogP contribution in [0, 0.1) is 0 Å². The van der Waals surface area contributed by atoms with E-state index in [4.69, 9.17) is 19.3 Å². The molecule has 17 heteroatoms. The van der Waals surface area contributed by atoms with Crippen LogP contribution in [0.5, 0.6) is 0 Å². The summed E-state index contributed by atoms with van der Waals surface area (Å²) in [5.74, 6) is -2.08. The second-order valence-electron chi connectivity index (χ2n) is 15.5. The number of anilines is 2. The number of carbonyl (C=O) groups is 5. The van der Waals surface area contributed by atoms with Crippen molar-refractivity contribution in [2.45, 2.75) is 104 Å². The monoisotopic (exact) mass is 762 g/mol. The molecular formula is C37H46N8O8S. The Morgan fingerprint density at radius 1 is 0.963 bits per heavy atom. The van der Waals surface area contributed by atoms with Crippen LogP contribution in [0.15, 0.2) is 36.1 Å². The van der Waals surface area contributed by atoms with E-state index in [-0.39, 0.29) is 47.4 Å². The van der Waals surface area contributed by atoms with Gasteiger partial charge in [-0.15, -0.1) is 11.3 Å². The molecule has 0 saturated carbocycles. The van der Waals surface area contributed by atoms with Gasteiger partial charge in [0.25, 0.3) is 0 Å². The van der Waals surface area contributed by atoms with E-state index >= 15 is 0 Å². The van der Waals surface area contributed by atoms with Crippen molar-refractivity contribution in [3.63, 3.8) is 0 Å². The molecule has 2 fully saturated rings. The van der Waals surface area contributed by atoms with E-state index in [9.17, 15) is 24.0 Å². The van der Waals surface area contributed by atoms with Crippen LogP contribution in [0.25, 0.3) is 21.1 Å². The van der Waals surface area contributed by atoms with Gasteiger partial charge in [0, 0.05) is 38.9 Å². The number of piperazine rings is 1. The summed E-state index contributed by atoms with van der Waals surface area (Å²) in [6.07, 6.45) is 2.72. The topological polar surface area (TPSA) is 178 Å². The number of pyridine rings is 1. The van der Waals surface area contributed by atoms with Crippen LogP contribution in [-0.4, -0.2) is 96.4 Å². The SMILES string of the molecule is CC(=O)N1CC(c2ccc3scnc3c2)N(C(=O)C(=O)Nc2cnc(N(C(=O)OC(C)(C)C)C(=O)OC(C)(C)C)c3cn(C4CCCCO4)nc23)CC1C. The summed E-state index contributed by atoms with van der Waals surface area (Å²) in [7, 11) is 0. The van der Waals surface area contributed by atoms with E-state index in [2.05, 4.69) is 15.3 Å². The lowest BCUT2D eigenvalue weighted by molar-refractivity contribution is -0.151. The van der Waals surface area contributed by atoms with Crippen molar-refractivity contribution in [1.82, 2.24) is 29.5 Å². The maximum absolute atomic E-state index is 14.1. The number of imide groups is 1. The molecule has 3 atom stereocenters. The maximum atomic E-state index is 14.1. The largest absolute Gasteiger partial charge is 0.443 e. The molecule has 1 aromatic carbocycles. The number of aromatic nitrogens is 4. The van der Waals surface area contributed by atoms with Gasteiger partial charge in [-0.3, -0.25) is 14.4 Å². The number of ether oxygens (including phenoxy) is 3. The molecule has 3 unspecified atom stereocenters. The van der Waals surface area contributed by atoms with Crippen molar-refractivity contribution >= 4 is 73.9 Å². The highest BCUT2D eigenvalue weighted by atomic mass is 32.1.